The lowest BCUT2D eigenvalue weighted by Crippen LogP contribution is -2.34. The maximum absolute atomic E-state index is 4.96. The highest BCUT2D eigenvalue weighted by Gasteiger charge is 2.28. The van der Waals surface area contributed by atoms with E-state index >= 15 is 0 Å². The zero-order valence-corrected chi connectivity index (χ0v) is 27.7. The minimum Gasteiger partial charge on any atom is -0.338 e. The van der Waals surface area contributed by atoms with E-state index < -0.39 is 0 Å². The monoisotopic (exact) mass is 636 g/mol. The largest absolute Gasteiger partial charge is 0.338 e. The van der Waals surface area contributed by atoms with E-state index in [4.69, 9.17) is 4.98 Å². The van der Waals surface area contributed by atoms with Gasteiger partial charge in [0, 0.05) is 65.0 Å². The number of aliphatic imine (C=N–C) groups is 1. The van der Waals surface area contributed by atoms with E-state index in [1.54, 1.807) is 0 Å². The minimum absolute atomic E-state index is 0.411. The molecule has 6 aromatic rings. The van der Waals surface area contributed by atoms with Gasteiger partial charge in [-0.05, 0) is 103 Å². The summed E-state index contributed by atoms with van der Waals surface area (Å²) in [6.07, 6.45) is 22.8. The molecule has 0 atom stereocenters. The topological polar surface area (TPSA) is 41.4 Å². The molecule has 49 heavy (non-hydrogen) atoms. The number of hydrogen-bond donors (Lipinski definition) is 0. The molecule has 0 amide bonds. The van der Waals surface area contributed by atoms with Crippen LogP contribution < -0.4 is 4.90 Å². The van der Waals surface area contributed by atoms with Gasteiger partial charge in [0.25, 0.3) is 0 Å². The molecule has 1 saturated carbocycles. The molecule has 4 nitrogen and oxygen atoms in total. The Bertz CT molecular complexity index is 2180. The van der Waals surface area contributed by atoms with Gasteiger partial charge in [-0.3, -0.25) is 9.98 Å². The van der Waals surface area contributed by atoms with E-state index in [1.165, 1.54) is 51.7 Å². The van der Waals surface area contributed by atoms with E-state index in [0.29, 0.717) is 12.0 Å². The van der Waals surface area contributed by atoms with Gasteiger partial charge in [0.2, 0.25) is 0 Å². The Morgan fingerprint density at radius 3 is 2.24 bits per heavy atom. The average molecular weight is 637 g/mol. The number of hydrogen-bond acceptors (Lipinski definition) is 4. The van der Waals surface area contributed by atoms with Crippen LogP contribution in [0.25, 0.3) is 38.5 Å². The zero-order valence-electron chi connectivity index (χ0n) is 27.7. The highest BCUT2D eigenvalue weighted by molar-refractivity contribution is 5.83. The Morgan fingerprint density at radius 1 is 0.633 bits per heavy atom. The molecule has 4 heteroatoms. The molecular weight excluding hydrogens is 597 g/mol. The van der Waals surface area contributed by atoms with E-state index in [2.05, 4.69) is 148 Å². The number of fused-ring (bicyclic) bond motifs is 2. The van der Waals surface area contributed by atoms with Gasteiger partial charge >= 0.3 is 0 Å². The van der Waals surface area contributed by atoms with Crippen molar-refractivity contribution in [3.8, 4) is 11.3 Å². The van der Waals surface area contributed by atoms with Gasteiger partial charge in [-0.1, -0.05) is 91.0 Å². The number of pyridine rings is 2. The number of nitrogens with zero attached hydrogens (tertiary/aromatic N) is 4. The first-order valence-electron chi connectivity index (χ1n) is 17.5. The van der Waals surface area contributed by atoms with Crippen LogP contribution in [-0.2, 0) is 0 Å². The summed E-state index contributed by atoms with van der Waals surface area (Å²) in [5, 5.41) is 3.65. The SMILES string of the molecule is C1=C/C(c2ccc(N(c3ccc(-c4ccc5ccccc5n4)cc3)C3CCC(c4ccc5cnccc5c4)CC3)cc2)=C\C/C=C\N=CC1. The van der Waals surface area contributed by atoms with Gasteiger partial charge in [-0.2, -0.15) is 0 Å². The normalized spacial score (nSPS) is 19.7. The van der Waals surface area contributed by atoms with Gasteiger partial charge in [0.1, 0.15) is 0 Å². The van der Waals surface area contributed by atoms with Crippen molar-refractivity contribution in [2.24, 2.45) is 4.99 Å². The molecule has 1 aliphatic carbocycles. The fraction of sp³-hybridized carbons (Fsp3) is 0.178. The second-order valence-corrected chi connectivity index (χ2v) is 13.1. The molecule has 0 spiro atoms. The number of rotatable bonds is 6. The summed E-state index contributed by atoms with van der Waals surface area (Å²) in [4.78, 5) is 16.2. The van der Waals surface area contributed by atoms with Crippen molar-refractivity contribution in [3.05, 3.63) is 163 Å². The van der Waals surface area contributed by atoms with Gasteiger partial charge in [-0.25, -0.2) is 4.98 Å². The third-order valence-electron chi connectivity index (χ3n) is 10.0. The van der Waals surface area contributed by atoms with Gasteiger partial charge in [0.05, 0.1) is 11.2 Å². The predicted octanol–water partition coefficient (Wildman–Crippen LogP) is 11.6. The van der Waals surface area contributed by atoms with Crippen molar-refractivity contribution in [1.29, 1.82) is 0 Å². The smallest absolute Gasteiger partial charge is 0.0709 e. The van der Waals surface area contributed by atoms with Crippen molar-refractivity contribution >= 4 is 44.8 Å². The third kappa shape index (κ3) is 6.86. The van der Waals surface area contributed by atoms with Crippen LogP contribution in [0.5, 0.6) is 0 Å². The van der Waals surface area contributed by atoms with Crippen molar-refractivity contribution in [2.75, 3.05) is 4.90 Å². The maximum atomic E-state index is 4.96. The highest BCUT2D eigenvalue weighted by atomic mass is 15.2. The Morgan fingerprint density at radius 2 is 1.41 bits per heavy atom. The van der Waals surface area contributed by atoms with Crippen LogP contribution in [0.3, 0.4) is 0 Å². The molecule has 0 N–H and O–H groups in total. The molecule has 1 aliphatic heterocycles. The fourth-order valence-corrected chi connectivity index (χ4v) is 7.40. The summed E-state index contributed by atoms with van der Waals surface area (Å²) in [7, 11) is 0. The molecule has 0 unspecified atom stereocenters. The third-order valence-corrected chi connectivity index (χ3v) is 10.0. The summed E-state index contributed by atoms with van der Waals surface area (Å²) in [5.74, 6) is 0.574. The number of benzene rings is 4. The quantitative estimate of drug-likeness (QED) is 0.183. The summed E-state index contributed by atoms with van der Waals surface area (Å²) in [6, 6.07) is 40.3. The van der Waals surface area contributed by atoms with Crippen molar-refractivity contribution in [1.82, 2.24) is 9.97 Å². The van der Waals surface area contributed by atoms with Gasteiger partial charge in [-0.15, -0.1) is 0 Å². The van der Waals surface area contributed by atoms with Crippen LogP contribution in [0, 0.1) is 0 Å². The summed E-state index contributed by atoms with van der Waals surface area (Å²) in [6.45, 7) is 0. The summed E-state index contributed by atoms with van der Waals surface area (Å²) >= 11 is 0. The number of para-hydroxylation sites is 1. The Hall–Kier alpha value is -5.61. The van der Waals surface area contributed by atoms with Crippen LogP contribution in [0.15, 0.2) is 157 Å². The molecule has 4 aromatic carbocycles. The number of anilines is 2. The van der Waals surface area contributed by atoms with E-state index in [-0.39, 0.29) is 0 Å². The lowest BCUT2D eigenvalue weighted by molar-refractivity contribution is 0.392. The Balaban J connectivity index is 1.08. The molecule has 1 fully saturated rings. The maximum Gasteiger partial charge on any atom is 0.0709 e. The number of aromatic nitrogens is 2. The van der Waals surface area contributed by atoms with Crippen LogP contribution in [-0.4, -0.2) is 22.2 Å². The lowest BCUT2D eigenvalue weighted by Gasteiger charge is -2.39. The molecule has 240 valence electrons. The van der Waals surface area contributed by atoms with Crippen LogP contribution in [0.4, 0.5) is 11.4 Å². The van der Waals surface area contributed by atoms with Crippen LogP contribution in [0.2, 0.25) is 0 Å². The fourth-order valence-electron chi connectivity index (χ4n) is 7.40. The molecule has 0 saturated heterocycles. The molecule has 2 aliphatic rings. The Labute approximate surface area is 288 Å². The van der Waals surface area contributed by atoms with Crippen molar-refractivity contribution in [3.63, 3.8) is 0 Å². The molecular formula is C45H40N4. The standard InChI is InChI=1S/C45H40N4/c1-2-10-44-36(9-1)19-26-45(48-44)37-17-24-43(25-18-37)49(41-20-13-34(14-21-41)33-7-3-5-28-46-29-6-4-8-33)42-22-15-35(16-23-42)38-11-12-40-32-47-30-27-39(40)31-38/h1-3,6-14,17-21,24-32,35,42H,4-5,15-16,22-23H2/b7-3?,29-6-,33-8+,46-28?. The van der Waals surface area contributed by atoms with E-state index in [1.807, 2.05) is 24.8 Å². The first-order chi connectivity index (χ1) is 24.3. The van der Waals surface area contributed by atoms with Crippen molar-refractivity contribution in [2.45, 2.75) is 50.5 Å². The first kappa shape index (κ1) is 30.7. The molecule has 8 rings (SSSR count). The number of allylic oxidation sites excluding steroid dienone is 5. The van der Waals surface area contributed by atoms with Gasteiger partial charge < -0.3 is 4.90 Å². The molecule has 0 radical (unpaired) electrons. The first-order valence-corrected chi connectivity index (χ1v) is 17.5. The van der Waals surface area contributed by atoms with E-state index in [9.17, 15) is 0 Å². The summed E-state index contributed by atoms with van der Waals surface area (Å²) < 4.78 is 0. The molecule has 0 bridgehead atoms. The lowest BCUT2D eigenvalue weighted by atomic mass is 9.80. The molecule has 3 heterocycles. The predicted molar refractivity (Wildman–Crippen MR) is 206 cm³/mol. The van der Waals surface area contributed by atoms with E-state index in [0.717, 1.165) is 47.8 Å². The van der Waals surface area contributed by atoms with Crippen LogP contribution in [0.1, 0.15) is 55.6 Å². The minimum atomic E-state index is 0.411. The highest BCUT2D eigenvalue weighted by Crippen LogP contribution is 2.41. The van der Waals surface area contributed by atoms with Gasteiger partial charge in [0.15, 0.2) is 0 Å². The zero-order chi connectivity index (χ0) is 32.8. The molecule has 2 aromatic heterocycles. The average Bonchev–Trinajstić information content (AvgIpc) is 3.17. The second-order valence-electron chi connectivity index (χ2n) is 13.1. The Kier molecular flexibility index (Phi) is 8.93. The summed E-state index contributed by atoms with van der Waals surface area (Å²) in [5.41, 5.74) is 9.55. The second kappa shape index (κ2) is 14.2. The van der Waals surface area contributed by atoms with Crippen molar-refractivity contribution < 1.29 is 0 Å². The van der Waals surface area contributed by atoms with Crippen LogP contribution >= 0.6 is 0 Å².